The summed E-state index contributed by atoms with van der Waals surface area (Å²) < 4.78 is 5.99. The van der Waals surface area contributed by atoms with Crippen molar-refractivity contribution in [3.05, 3.63) is 52.1 Å². The first-order valence-corrected chi connectivity index (χ1v) is 9.89. The van der Waals surface area contributed by atoms with Gasteiger partial charge in [0.15, 0.2) is 5.76 Å². The number of halogens is 1. The minimum absolute atomic E-state index is 0.0623. The van der Waals surface area contributed by atoms with E-state index < -0.39 is 0 Å². The summed E-state index contributed by atoms with van der Waals surface area (Å²) in [6.45, 7) is 3.07. The molecule has 1 aliphatic rings. The van der Waals surface area contributed by atoms with E-state index in [1.54, 1.807) is 0 Å². The zero-order valence-corrected chi connectivity index (χ0v) is 16.7. The van der Waals surface area contributed by atoms with Crippen LogP contribution in [0.4, 0.5) is 0 Å². The zero-order valence-electron chi connectivity index (χ0n) is 15.2. The lowest BCUT2D eigenvalue weighted by molar-refractivity contribution is -0.120. The Morgan fingerprint density at radius 3 is 2.81 bits per heavy atom. The number of amidine groups is 1. The van der Waals surface area contributed by atoms with Gasteiger partial charge in [-0.15, -0.1) is 11.8 Å². The minimum atomic E-state index is -0.177. The number of carbonyl (C=O) groups excluding carboxylic acids is 1. The average molecular weight is 405 g/mol. The standard InChI is InChI=1S/C19H21ClN4O2S/c1-3-24(2)18(21)13-6-4-12(5-7-13)15-10-14(26-23-15)11-22-19(25)16-8-9-17(20)27-16/h4-7,9-10,16,21H,3,8,11H2,1-2H3,(H,22,25). The van der Waals surface area contributed by atoms with Crippen molar-refractivity contribution in [3.8, 4) is 11.3 Å². The van der Waals surface area contributed by atoms with Crippen LogP contribution in [-0.2, 0) is 11.3 Å². The average Bonchev–Trinajstić information content (AvgIpc) is 3.34. The normalized spacial score (nSPS) is 16.1. The highest BCUT2D eigenvalue weighted by molar-refractivity contribution is 8.06. The number of thioether (sulfide) groups is 1. The SMILES string of the molecule is CCN(C)C(=N)c1ccc(-c2cc(CNC(=O)C3CC=C(Cl)S3)on2)cc1. The van der Waals surface area contributed by atoms with Gasteiger partial charge in [0, 0.05) is 30.8 Å². The molecule has 0 fully saturated rings. The Kier molecular flexibility index (Phi) is 6.23. The van der Waals surface area contributed by atoms with Crippen molar-refractivity contribution >= 4 is 35.1 Å². The fourth-order valence-corrected chi connectivity index (χ4v) is 3.85. The molecule has 0 bridgehead atoms. The molecule has 6 nitrogen and oxygen atoms in total. The summed E-state index contributed by atoms with van der Waals surface area (Å²) >= 11 is 7.26. The van der Waals surface area contributed by atoms with Crippen molar-refractivity contribution in [3.63, 3.8) is 0 Å². The van der Waals surface area contributed by atoms with Crippen molar-refractivity contribution < 1.29 is 9.32 Å². The highest BCUT2D eigenvalue weighted by atomic mass is 35.5. The first-order chi connectivity index (χ1) is 13.0. The molecule has 1 atom stereocenters. The van der Waals surface area contributed by atoms with Crippen molar-refractivity contribution in [1.82, 2.24) is 15.4 Å². The lowest BCUT2D eigenvalue weighted by atomic mass is 10.1. The molecule has 1 aliphatic heterocycles. The van der Waals surface area contributed by atoms with Gasteiger partial charge in [-0.25, -0.2) is 0 Å². The molecular weight excluding hydrogens is 384 g/mol. The van der Waals surface area contributed by atoms with Gasteiger partial charge in [0.2, 0.25) is 5.91 Å². The van der Waals surface area contributed by atoms with Gasteiger partial charge in [-0.05, 0) is 13.3 Å². The van der Waals surface area contributed by atoms with Crippen LogP contribution in [0.15, 0.2) is 45.3 Å². The van der Waals surface area contributed by atoms with Gasteiger partial charge >= 0.3 is 0 Å². The highest BCUT2D eigenvalue weighted by Gasteiger charge is 2.24. The van der Waals surface area contributed by atoms with E-state index in [1.807, 2.05) is 55.3 Å². The molecular formula is C19H21ClN4O2S. The molecule has 1 amide bonds. The van der Waals surface area contributed by atoms with Crippen molar-refractivity contribution in [2.75, 3.05) is 13.6 Å². The quantitative estimate of drug-likeness (QED) is 0.565. The van der Waals surface area contributed by atoms with Gasteiger partial charge in [0.05, 0.1) is 16.2 Å². The van der Waals surface area contributed by atoms with E-state index in [9.17, 15) is 4.79 Å². The van der Waals surface area contributed by atoms with Gasteiger partial charge in [-0.2, -0.15) is 0 Å². The summed E-state index contributed by atoms with van der Waals surface area (Å²) in [6, 6.07) is 9.43. The molecule has 2 heterocycles. The van der Waals surface area contributed by atoms with E-state index >= 15 is 0 Å². The van der Waals surface area contributed by atoms with Crippen molar-refractivity contribution in [2.24, 2.45) is 0 Å². The third-order valence-electron chi connectivity index (χ3n) is 4.35. The maximum atomic E-state index is 12.1. The summed E-state index contributed by atoms with van der Waals surface area (Å²) in [5, 5.41) is 14.9. The monoisotopic (exact) mass is 404 g/mol. The Morgan fingerprint density at radius 1 is 1.44 bits per heavy atom. The van der Waals surface area contributed by atoms with Crippen LogP contribution in [0.1, 0.15) is 24.7 Å². The van der Waals surface area contributed by atoms with Crippen LogP contribution < -0.4 is 5.32 Å². The highest BCUT2D eigenvalue weighted by Crippen LogP contribution is 2.34. The number of nitrogens with zero attached hydrogens (tertiary/aromatic N) is 2. The number of rotatable bonds is 6. The van der Waals surface area contributed by atoms with Gasteiger partial charge < -0.3 is 14.7 Å². The fourth-order valence-electron chi connectivity index (χ4n) is 2.59. The Morgan fingerprint density at radius 2 is 2.19 bits per heavy atom. The molecule has 3 rings (SSSR count). The smallest absolute Gasteiger partial charge is 0.234 e. The summed E-state index contributed by atoms with van der Waals surface area (Å²) in [7, 11) is 1.89. The molecule has 1 unspecified atom stereocenters. The van der Waals surface area contributed by atoms with Crippen LogP contribution in [0.5, 0.6) is 0 Å². The molecule has 1 aromatic heterocycles. The number of hydrogen-bond donors (Lipinski definition) is 2. The number of benzene rings is 1. The summed E-state index contributed by atoms with van der Waals surface area (Å²) in [6.07, 6.45) is 2.50. The first kappa shape index (κ1) is 19.5. The number of carbonyl (C=O) groups is 1. The molecule has 142 valence electrons. The second kappa shape index (κ2) is 8.63. The Hall–Kier alpha value is -2.25. The van der Waals surface area contributed by atoms with E-state index in [-0.39, 0.29) is 17.7 Å². The lowest BCUT2D eigenvalue weighted by Gasteiger charge is -2.17. The van der Waals surface area contributed by atoms with E-state index in [1.165, 1.54) is 11.8 Å². The lowest BCUT2D eigenvalue weighted by Crippen LogP contribution is -2.30. The van der Waals surface area contributed by atoms with Crippen molar-refractivity contribution in [1.29, 1.82) is 5.41 Å². The maximum Gasteiger partial charge on any atom is 0.234 e. The predicted molar refractivity (Wildman–Crippen MR) is 109 cm³/mol. The molecule has 0 radical (unpaired) electrons. The van der Waals surface area contributed by atoms with Crippen LogP contribution in [0.25, 0.3) is 11.3 Å². The molecule has 0 saturated heterocycles. The zero-order chi connectivity index (χ0) is 19.4. The number of hydrogen-bond acceptors (Lipinski definition) is 5. The molecule has 2 N–H and O–H groups in total. The second-order valence-electron chi connectivity index (χ2n) is 6.19. The van der Waals surface area contributed by atoms with E-state index in [4.69, 9.17) is 21.5 Å². The number of amides is 1. The predicted octanol–water partition coefficient (Wildman–Crippen LogP) is 3.82. The largest absolute Gasteiger partial charge is 0.360 e. The summed E-state index contributed by atoms with van der Waals surface area (Å²) in [5.74, 6) is 1.00. The van der Waals surface area contributed by atoms with Crippen LogP contribution in [0, 0.1) is 5.41 Å². The molecule has 2 aromatic rings. The topological polar surface area (TPSA) is 82.2 Å². The Balaban J connectivity index is 1.59. The van der Waals surface area contributed by atoms with Gasteiger partial charge in [0.1, 0.15) is 11.5 Å². The molecule has 8 heteroatoms. The molecule has 0 spiro atoms. The first-order valence-electron chi connectivity index (χ1n) is 8.64. The fraction of sp³-hybridized carbons (Fsp3) is 0.316. The van der Waals surface area contributed by atoms with E-state index in [0.717, 1.165) is 17.7 Å². The van der Waals surface area contributed by atoms with Crippen molar-refractivity contribution in [2.45, 2.75) is 25.1 Å². The van der Waals surface area contributed by atoms with Crippen LogP contribution in [-0.4, -0.2) is 40.6 Å². The minimum Gasteiger partial charge on any atom is -0.360 e. The number of allylic oxidation sites excluding steroid dienone is 1. The Bertz CT molecular complexity index is 863. The van der Waals surface area contributed by atoms with Crippen LogP contribution >= 0.6 is 23.4 Å². The molecule has 0 aliphatic carbocycles. The second-order valence-corrected chi connectivity index (χ2v) is 8.06. The van der Waals surface area contributed by atoms with Crippen LogP contribution in [0.3, 0.4) is 0 Å². The maximum absolute atomic E-state index is 12.1. The number of nitrogens with one attached hydrogen (secondary N) is 2. The molecule has 1 aromatic carbocycles. The Labute approximate surface area is 167 Å². The van der Waals surface area contributed by atoms with Gasteiger partial charge in [-0.3, -0.25) is 10.2 Å². The summed E-state index contributed by atoms with van der Waals surface area (Å²) in [5.41, 5.74) is 2.44. The third kappa shape index (κ3) is 4.73. The van der Waals surface area contributed by atoms with Crippen LogP contribution in [0.2, 0.25) is 0 Å². The van der Waals surface area contributed by atoms with Gasteiger partial charge in [0.25, 0.3) is 0 Å². The van der Waals surface area contributed by atoms with Gasteiger partial charge in [-0.1, -0.05) is 47.1 Å². The summed E-state index contributed by atoms with van der Waals surface area (Å²) in [4.78, 5) is 14.0. The van der Waals surface area contributed by atoms with E-state index in [0.29, 0.717) is 28.1 Å². The van der Waals surface area contributed by atoms with E-state index in [2.05, 4.69) is 10.5 Å². The molecule has 0 saturated carbocycles. The third-order valence-corrected chi connectivity index (χ3v) is 5.85. The molecule has 27 heavy (non-hydrogen) atoms. The number of aromatic nitrogens is 1.